The first-order valence-electron chi connectivity index (χ1n) is 3.52. The van der Waals surface area contributed by atoms with Gasteiger partial charge in [0.05, 0.1) is 17.9 Å². The standard InChI is InChI=1S/C8H13NO2/c1-8(2,3)7(10)11-6-4-5-9/h4,6H2,1-3H3. The van der Waals surface area contributed by atoms with Gasteiger partial charge in [-0.3, -0.25) is 4.79 Å². The van der Waals surface area contributed by atoms with Crippen molar-refractivity contribution in [2.24, 2.45) is 5.41 Å². The zero-order valence-electron chi connectivity index (χ0n) is 7.18. The molecule has 0 spiro atoms. The predicted octanol–water partition coefficient (Wildman–Crippen LogP) is 1.49. The fourth-order valence-electron chi connectivity index (χ4n) is 0.406. The summed E-state index contributed by atoms with van der Waals surface area (Å²) < 4.78 is 4.79. The summed E-state index contributed by atoms with van der Waals surface area (Å²) in [5, 5.41) is 8.14. The van der Waals surface area contributed by atoms with Gasteiger partial charge in [0.1, 0.15) is 6.61 Å². The van der Waals surface area contributed by atoms with E-state index in [1.807, 2.05) is 6.07 Å². The molecule has 0 aliphatic heterocycles. The number of hydrogen-bond donors (Lipinski definition) is 0. The Balaban J connectivity index is 3.64. The molecule has 0 atom stereocenters. The van der Waals surface area contributed by atoms with Crippen LogP contribution in [0, 0.1) is 16.7 Å². The number of nitrogens with zero attached hydrogens (tertiary/aromatic N) is 1. The molecule has 3 heteroatoms. The SMILES string of the molecule is CC(C)(C)C(=O)OCCC#N. The summed E-state index contributed by atoms with van der Waals surface area (Å²) in [4.78, 5) is 11.0. The van der Waals surface area contributed by atoms with E-state index in [1.54, 1.807) is 20.8 Å². The largest absolute Gasteiger partial charge is 0.464 e. The maximum atomic E-state index is 11.0. The van der Waals surface area contributed by atoms with Gasteiger partial charge in [-0.1, -0.05) is 0 Å². The van der Waals surface area contributed by atoms with Gasteiger partial charge in [0.25, 0.3) is 0 Å². The summed E-state index contributed by atoms with van der Waals surface area (Å²) in [6, 6.07) is 1.90. The van der Waals surface area contributed by atoms with Crippen LogP contribution in [-0.4, -0.2) is 12.6 Å². The molecule has 0 fully saturated rings. The summed E-state index contributed by atoms with van der Waals surface area (Å²) in [6.07, 6.45) is 0.266. The highest BCUT2D eigenvalue weighted by molar-refractivity contribution is 5.75. The molecule has 62 valence electrons. The van der Waals surface area contributed by atoms with Crippen molar-refractivity contribution in [3.05, 3.63) is 0 Å². The van der Waals surface area contributed by atoms with E-state index in [0.717, 1.165) is 0 Å². The van der Waals surface area contributed by atoms with Gasteiger partial charge in [0, 0.05) is 0 Å². The molecule has 0 radical (unpaired) electrons. The Labute approximate surface area is 67.0 Å². The van der Waals surface area contributed by atoms with Gasteiger partial charge in [-0.2, -0.15) is 5.26 Å². The fourth-order valence-corrected chi connectivity index (χ4v) is 0.406. The highest BCUT2D eigenvalue weighted by atomic mass is 16.5. The molecule has 0 aliphatic rings. The third-order valence-electron chi connectivity index (χ3n) is 1.06. The Hall–Kier alpha value is -1.04. The Bertz CT molecular complexity index is 174. The second kappa shape index (κ2) is 3.97. The van der Waals surface area contributed by atoms with Gasteiger partial charge >= 0.3 is 5.97 Å². The lowest BCUT2D eigenvalue weighted by Gasteiger charge is -2.15. The molecule has 0 heterocycles. The molecule has 3 nitrogen and oxygen atoms in total. The average Bonchev–Trinajstić information content (AvgIpc) is 1.86. The lowest BCUT2D eigenvalue weighted by Crippen LogP contribution is -2.23. The minimum atomic E-state index is -0.463. The van der Waals surface area contributed by atoms with Gasteiger partial charge in [-0.05, 0) is 20.8 Å². The molecule has 0 amide bonds. The third-order valence-corrected chi connectivity index (χ3v) is 1.06. The number of carbonyl (C=O) groups excluding carboxylic acids is 1. The Morgan fingerprint density at radius 1 is 1.55 bits per heavy atom. The number of hydrogen-bond acceptors (Lipinski definition) is 3. The molecule has 0 saturated heterocycles. The minimum Gasteiger partial charge on any atom is -0.464 e. The zero-order valence-corrected chi connectivity index (χ0v) is 7.18. The average molecular weight is 155 g/mol. The first-order chi connectivity index (χ1) is 4.98. The van der Waals surface area contributed by atoms with Crippen molar-refractivity contribution < 1.29 is 9.53 Å². The first-order valence-corrected chi connectivity index (χ1v) is 3.52. The second-order valence-corrected chi connectivity index (χ2v) is 3.29. The normalized spacial score (nSPS) is 10.4. The minimum absolute atomic E-state index is 0.201. The quantitative estimate of drug-likeness (QED) is 0.448. The lowest BCUT2D eigenvalue weighted by molar-refractivity contribution is -0.152. The van der Waals surface area contributed by atoms with Crippen molar-refractivity contribution in [2.45, 2.75) is 27.2 Å². The van der Waals surface area contributed by atoms with Gasteiger partial charge in [-0.15, -0.1) is 0 Å². The molecule has 0 N–H and O–H groups in total. The van der Waals surface area contributed by atoms with E-state index in [9.17, 15) is 4.79 Å². The van der Waals surface area contributed by atoms with Crippen LogP contribution in [0.15, 0.2) is 0 Å². The van der Waals surface area contributed by atoms with Crippen molar-refractivity contribution in [1.82, 2.24) is 0 Å². The first kappa shape index (κ1) is 9.96. The van der Waals surface area contributed by atoms with E-state index in [1.165, 1.54) is 0 Å². The molecule has 0 rings (SSSR count). The van der Waals surface area contributed by atoms with Crippen LogP contribution in [0.2, 0.25) is 0 Å². The van der Waals surface area contributed by atoms with Crippen LogP contribution in [0.3, 0.4) is 0 Å². The van der Waals surface area contributed by atoms with Gasteiger partial charge in [-0.25, -0.2) is 0 Å². The summed E-state index contributed by atoms with van der Waals surface area (Å²) in [5.74, 6) is -0.257. The maximum Gasteiger partial charge on any atom is 0.311 e. The highest BCUT2D eigenvalue weighted by Crippen LogP contribution is 2.14. The molecule has 0 saturated carbocycles. The van der Waals surface area contributed by atoms with Crippen LogP contribution in [0.25, 0.3) is 0 Å². The summed E-state index contributed by atoms with van der Waals surface area (Å²) in [6.45, 7) is 5.54. The lowest BCUT2D eigenvalue weighted by atomic mass is 9.97. The number of rotatable bonds is 2. The molecular weight excluding hydrogens is 142 g/mol. The van der Waals surface area contributed by atoms with Crippen LogP contribution in [0.1, 0.15) is 27.2 Å². The molecule has 0 bridgehead atoms. The smallest absolute Gasteiger partial charge is 0.311 e. The van der Waals surface area contributed by atoms with Crippen LogP contribution < -0.4 is 0 Å². The van der Waals surface area contributed by atoms with Gasteiger partial charge in [0.15, 0.2) is 0 Å². The number of carbonyl (C=O) groups is 1. The Kier molecular flexibility index (Phi) is 3.59. The van der Waals surface area contributed by atoms with E-state index in [0.29, 0.717) is 0 Å². The second-order valence-electron chi connectivity index (χ2n) is 3.29. The van der Waals surface area contributed by atoms with E-state index >= 15 is 0 Å². The van der Waals surface area contributed by atoms with Crippen molar-refractivity contribution in [2.75, 3.05) is 6.61 Å². The Morgan fingerprint density at radius 3 is 2.45 bits per heavy atom. The molecule has 0 aromatic rings. The molecule has 0 aliphatic carbocycles. The number of nitriles is 1. The monoisotopic (exact) mass is 155 g/mol. The van der Waals surface area contributed by atoms with Crippen molar-refractivity contribution in [3.63, 3.8) is 0 Å². The molecule has 0 aromatic heterocycles. The van der Waals surface area contributed by atoms with Gasteiger partial charge in [0.2, 0.25) is 0 Å². The maximum absolute atomic E-state index is 11.0. The van der Waals surface area contributed by atoms with Crippen molar-refractivity contribution in [1.29, 1.82) is 5.26 Å². The summed E-state index contributed by atoms with van der Waals surface area (Å²) in [5.41, 5.74) is -0.463. The molecule has 11 heavy (non-hydrogen) atoms. The zero-order chi connectivity index (χ0) is 8.91. The predicted molar refractivity (Wildman–Crippen MR) is 40.6 cm³/mol. The number of esters is 1. The molecule has 0 unspecified atom stereocenters. The van der Waals surface area contributed by atoms with E-state index in [-0.39, 0.29) is 19.0 Å². The van der Waals surface area contributed by atoms with E-state index < -0.39 is 5.41 Å². The topological polar surface area (TPSA) is 50.1 Å². The van der Waals surface area contributed by atoms with Gasteiger partial charge < -0.3 is 4.74 Å². The highest BCUT2D eigenvalue weighted by Gasteiger charge is 2.22. The molecule has 0 aromatic carbocycles. The van der Waals surface area contributed by atoms with Crippen LogP contribution >= 0.6 is 0 Å². The molecular formula is C8H13NO2. The number of ether oxygens (including phenoxy) is 1. The summed E-state index contributed by atoms with van der Waals surface area (Å²) >= 11 is 0. The van der Waals surface area contributed by atoms with E-state index in [2.05, 4.69) is 0 Å². The Morgan fingerprint density at radius 2 is 2.09 bits per heavy atom. The van der Waals surface area contributed by atoms with Crippen LogP contribution in [-0.2, 0) is 9.53 Å². The van der Waals surface area contributed by atoms with Crippen LogP contribution in [0.5, 0.6) is 0 Å². The third kappa shape index (κ3) is 4.38. The van der Waals surface area contributed by atoms with Crippen molar-refractivity contribution in [3.8, 4) is 6.07 Å². The van der Waals surface area contributed by atoms with Crippen molar-refractivity contribution >= 4 is 5.97 Å². The fraction of sp³-hybridized carbons (Fsp3) is 0.750. The summed E-state index contributed by atoms with van der Waals surface area (Å²) in [7, 11) is 0. The van der Waals surface area contributed by atoms with Crippen LogP contribution in [0.4, 0.5) is 0 Å². The van der Waals surface area contributed by atoms with E-state index in [4.69, 9.17) is 10.00 Å².